The molecule has 1 aromatic heterocycles. The second-order valence-corrected chi connectivity index (χ2v) is 14.1. The topological polar surface area (TPSA) is 320 Å². The van der Waals surface area contributed by atoms with Crippen LogP contribution in [0.1, 0.15) is 41.2 Å². The minimum Gasteiger partial charge on any atom is -0.507 e. The molecule has 0 saturated carbocycles. The lowest BCUT2D eigenvalue weighted by Gasteiger charge is -2.39. The lowest BCUT2D eigenvalue weighted by atomic mass is 9.85. The molecule has 19 nitrogen and oxygen atoms in total. The predicted octanol–water partition coefficient (Wildman–Crippen LogP) is 2.41. The summed E-state index contributed by atoms with van der Waals surface area (Å²) < 4.78 is 34.9. The minimum atomic E-state index is -1.88. The van der Waals surface area contributed by atoms with E-state index in [9.17, 15) is 66.4 Å². The van der Waals surface area contributed by atoms with Crippen LogP contribution in [0.25, 0.3) is 22.3 Å². The van der Waals surface area contributed by atoms with Crippen LogP contribution in [0.4, 0.5) is 0 Å². The summed E-state index contributed by atoms with van der Waals surface area (Å²) in [5.74, 6) is -6.84. The highest BCUT2D eigenvalue weighted by Crippen LogP contribution is 2.54. The number of hydrogen-bond donors (Lipinski definition) is 13. The molecule has 1 fully saturated rings. The van der Waals surface area contributed by atoms with Crippen LogP contribution in [-0.4, -0.2) is 124 Å². The van der Waals surface area contributed by atoms with Crippen molar-refractivity contribution in [2.45, 2.75) is 62.2 Å². The minimum absolute atomic E-state index is 0.0154. The maximum absolute atomic E-state index is 11.5. The Balaban J connectivity index is 1.44. The van der Waals surface area contributed by atoms with Gasteiger partial charge in [-0.2, -0.15) is 0 Å². The van der Waals surface area contributed by atoms with Gasteiger partial charge in [0, 0.05) is 59.4 Å². The number of aromatic hydroxyl groups is 8. The second kappa shape index (κ2) is 15.4. The van der Waals surface area contributed by atoms with Crippen LogP contribution in [0.3, 0.4) is 0 Å². The van der Waals surface area contributed by atoms with Crippen LogP contribution in [0.2, 0.25) is 0 Å². The third-order valence-electron chi connectivity index (χ3n) is 10.5. The molecule has 0 radical (unpaired) electrons. The van der Waals surface area contributed by atoms with Gasteiger partial charge >= 0.3 is 11.3 Å². The van der Waals surface area contributed by atoms with Gasteiger partial charge in [-0.25, -0.2) is 4.42 Å². The zero-order valence-electron chi connectivity index (χ0n) is 31.3. The molecule has 1 saturated heterocycles. The third-order valence-corrected chi connectivity index (χ3v) is 10.5. The zero-order chi connectivity index (χ0) is 42.8. The molecule has 2 aliphatic rings. The predicted molar refractivity (Wildman–Crippen MR) is 200 cm³/mol. The SMILES string of the molecule is COc1cc(-c2[o+]c3c(C(C)c4c(O)cc(O)c5c4OC(c4cc(O)c(O)c(O)c4)C(O)C5)c(O)cc(O)c3cc2O[C@@H]2O[C@H](CO)[C@@H](O)[C@H](O)[C@H]2O)cc(OC)c1O. The maximum atomic E-state index is 11.5. The van der Waals surface area contributed by atoms with Gasteiger partial charge in [-0.1, -0.05) is 6.92 Å². The highest BCUT2D eigenvalue weighted by molar-refractivity contribution is 5.92. The van der Waals surface area contributed by atoms with Crippen molar-refractivity contribution >= 4 is 11.0 Å². The molecule has 3 heterocycles. The van der Waals surface area contributed by atoms with Crippen LogP contribution in [0.15, 0.2) is 46.9 Å². The molecule has 0 spiro atoms. The first-order valence-electron chi connectivity index (χ1n) is 17.9. The first-order valence-corrected chi connectivity index (χ1v) is 17.9. The van der Waals surface area contributed by atoms with Crippen molar-refractivity contribution in [1.29, 1.82) is 0 Å². The molecule has 2 aliphatic heterocycles. The largest absolute Gasteiger partial charge is 0.507 e. The highest BCUT2D eigenvalue weighted by atomic mass is 16.7. The standard InChI is InChI=1S/C40H40O19/c1-13(29-20(44)10-18(42)16-8-24(48)36(58-38(16)29)14-4-22(46)31(49)23(47)5-14)30-21(45)11-19(43)17-9-27(56-40-35(53)34(52)33(51)28(12-41)57-40)37(59-39(17)30)15-6-25(54-2)32(50)26(7-15)55-3/h4-7,9-11,13,24,28,33-36,40-41,48,51-53H,8,12H2,1-3H3,(H7-,42,43,44,45,46,47,49,50)/p+1/t13?,24?,28-,33-,34+,35-,36?,40-/m1/s1. The summed E-state index contributed by atoms with van der Waals surface area (Å²) in [6, 6.07) is 7.93. The van der Waals surface area contributed by atoms with E-state index in [2.05, 4.69) is 0 Å². The molecule has 8 atom stereocenters. The summed E-state index contributed by atoms with van der Waals surface area (Å²) >= 11 is 0. The van der Waals surface area contributed by atoms with Gasteiger partial charge in [0.25, 0.3) is 0 Å². The molecule has 0 amide bonds. The van der Waals surface area contributed by atoms with Crippen molar-refractivity contribution in [3.63, 3.8) is 0 Å². The molecule has 4 aromatic carbocycles. The van der Waals surface area contributed by atoms with Crippen molar-refractivity contribution in [2.24, 2.45) is 0 Å². The summed E-state index contributed by atoms with van der Waals surface area (Å²) in [7, 11) is 2.53. The molecule has 0 aliphatic carbocycles. The van der Waals surface area contributed by atoms with Crippen molar-refractivity contribution < 1.29 is 94.5 Å². The van der Waals surface area contributed by atoms with E-state index in [0.29, 0.717) is 0 Å². The van der Waals surface area contributed by atoms with E-state index in [-0.39, 0.29) is 74.0 Å². The van der Waals surface area contributed by atoms with E-state index >= 15 is 0 Å². The van der Waals surface area contributed by atoms with Crippen molar-refractivity contribution in [3.05, 3.63) is 64.7 Å². The number of benzene rings is 4. The molecule has 5 aromatic rings. The molecule has 7 rings (SSSR count). The summed E-state index contributed by atoms with van der Waals surface area (Å²) in [4.78, 5) is 0. The molecule has 3 unspecified atom stereocenters. The Morgan fingerprint density at radius 2 is 1.31 bits per heavy atom. The number of hydrogen-bond acceptors (Lipinski definition) is 18. The smallest absolute Gasteiger partial charge is 0.402 e. The Kier molecular flexibility index (Phi) is 10.7. The number of fused-ring (bicyclic) bond motifs is 2. The fraction of sp³-hybridized carbons (Fsp3) is 0.325. The van der Waals surface area contributed by atoms with Gasteiger partial charge in [0.05, 0.1) is 32.5 Å². The fourth-order valence-electron chi connectivity index (χ4n) is 7.47. The zero-order valence-corrected chi connectivity index (χ0v) is 31.3. The Morgan fingerprint density at radius 1 is 0.695 bits per heavy atom. The molecule has 19 heteroatoms. The molecular formula is C40H41O19+. The van der Waals surface area contributed by atoms with E-state index < -0.39 is 101 Å². The summed E-state index contributed by atoms with van der Waals surface area (Å²) in [6.07, 6.45) is -11.6. The van der Waals surface area contributed by atoms with E-state index in [1.165, 1.54) is 39.3 Å². The van der Waals surface area contributed by atoms with Crippen LogP contribution < -0.4 is 18.9 Å². The van der Waals surface area contributed by atoms with Gasteiger partial charge in [0.15, 0.2) is 34.9 Å². The molecule has 314 valence electrons. The van der Waals surface area contributed by atoms with Gasteiger partial charge in [-0.3, -0.25) is 0 Å². The number of aliphatic hydroxyl groups is 5. The van der Waals surface area contributed by atoms with Crippen LogP contribution in [0.5, 0.6) is 69.0 Å². The van der Waals surface area contributed by atoms with Gasteiger partial charge in [0.1, 0.15) is 64.1 Å². The first-order chi connectivity index (χ1) is 28.0. The first kappa shape index (κ1) is 40.8. The number of ether oxygens (including phenoxy) is 5. The Labute approximate surface area is 333 Å². The van der Waals surface area contributed by atoms with Gasteiger partial charge in [0.2, 0.25) is 17.8 Å². The van der Waals surface area contributed by atoms with Crippen LogP contribution in [-0.2, 0) is 11.2 Å². The monoisotopic (exact) mass is 825 g/mol. The number of rotatable bonds is 9. The van der Waals surface area contributed by atoms with Crippen LogP contribution in [0, 0.1) is 0 Å². The highest BCUT2D eigenvalue weighted by Gasteiger charge is 2.46. The van der Waals surface area contributed by atoms with Gasteiger partial charge in [-0.05, 0) is 12.1 Å². The summed E-state index contributed by atoms with van der Waals surface area (Å²) in [5, 5.41) is 139. The van der Waals surface area contributed by atoms with Crippen molar-refractivity contribution in [3.8, 4) is 80.3 Å². The number of methoxy groups -OCH3 is 2. The molecular weight excluding hydrogens is 784 g/mol. The van der Waals surface area contributed by atoms with E-state index in [0.717, 1.165) is 24.3 Å². The van der Waals surface area contributed by atoms with Gasteiger partial charge < -0.3 is 90.1 Å². The number of phenolic OH excluding ortho intramolecular Hbond substituents is 8. The second-order valence-electron chi connectivity index (χ2n) is 14.1. The summed E-state index contributed by atoms with van der Waals surface area (Å²) in [6.45, 7) is 0.740. The number of phenols is 8. The maximum Gasteiger partial charge on any atom is 0.402 e. The molecule has 59 heavy (non-hydrogen) atoms. The number of aliphatic hydroxyl groups excluding tert-OH is 5. The normalized spacial score (nSPS) is 23.3. The Morgan fingerprint density at radius 3 is 1.92 bits per heavy atom. The van der Waals surface area contributed by atoms with Gasteiger partial charge in [-0.15, -0.1) is 0 Å². The molecule has 0 bridgehead atoms. The van der Waals surface area contributed by atoms with Crippen molar-refractivity contribution in [2.75, 3.05) is 20.8 Å². The fourth-order valence-corrected chi connectivity index (χ4v) is 7.47. The van der Waals surface area contributed by atoms with E-state index in [4.69, 9.17) is 28.1 Å². The average molecular weight is 826 g/mol. The lowest BCUT2D eigenvalue weighted by Crippen LogP contribution is -2.60. The third kappa shape index (κ3) is 6.92. The molecule has 13 N–H and O–H groups in total. The lowest BCUT2D eigenvalue weighted by molar-refractivity contribution is -0.277. The van der Waals surface area contributed by atoms with E-state index in [1.807, 2.05) is 0 Å². The van der Waals surface area contributed by atoms with E-state index in [1.54, 1.807) is 0 Å². The average Bonchev–Trinajstić information content (AvgIpc) is 3.20. The summed E-state index contributed by atoms with van der Waals surface area (Å²) in [5.41, 5.74) is -0.258. The quantitative estimate of drug-likeness (QED) is 0.0749. The Hall–Kier alpha value is -6.35. The van der Waals surface area contributed by atoms with Crippen LogP contribution >= 0.6 is 0 Å². The van der Waals surface area contributed by atoms with Crippen molar-refractivity contribution in [1.82, 2.24) is 0 Å². The Bertz CT molecular complexity index is 2380.